The van der Waals surface area contributed by atoms with Crippen molar-refractivity contribution in [1.29, 1.82) is 5.41 Å². The molecule has 0 spiro atoms. The number of ketones is 1. The number of phenolic OH excluding ortho intramolecular Hbond substituents is 1. The van der Waals surface area contributed by atoms with Crippen molar-refractivity contribution in [2.45, 2.75) is 0 Å². The fourth-order valence-corrected chi connectivity index (χ4v) is 0.760. The number of nitrogens with one attached hydrogen (secondary N) is 1. The van der Waals surface area contributed by atoms with E-state index in [-0.39, 0.29) is 11.3 Å². The van der Waals surface area contributed by atoms with Gasteiger partial charge in [0.25, 0.3) is 0 Å². The van der Waals surface area contributed by atoms with Gasteiger partial charge in [-0.3, -0.25) is 4.79 Å². The topological polar surface area (TPSA) is 61.2 Å². The standard InChI is InChI=1S/C8H7NO2/c9-5-8(11)6-3-1-2-4-7(6)10/h1-5,9-10H. The van der Waals surface area contributed by atoms with Gasteiger partial charge in [-0.1, -0.05) is 12.1 Å². The number of rotatable bonds is 2. The second-order valence-electron chi connectivity index (χ2n) is 2.03. The monoisotopic (exact) mass is 149 g/mol. The van der Waals surface area contributed by atoms with Crippen LogP contribution < -0.4 is 0 Å². The van der Waals surface area contributed by atoms with Crippen LogP contribution in [0.15, 0.2) is 24.3 Å². The van der Waals surface area contributed by atoms with E-state index in [1.54, 1.807) is 12.1 Å². The Bertz CT molecular complexity index is 294. The van der Waals surface area contributed by atoms with Gasteiger partial charge in [0.2, 0.25) is 5.78 Å². The Balaban J connectivity index is 3.13. The molecule has 3 heteroatoms. The number of Topliss-reactive ketones (excluding diaryl/α,β-unsaturated/α-hetero) is 1. The summed E-state index contributed by atoms with van der Waals surface area (Å²) in [6, 6.07) is 6.14. The Morgan fingerprint density at radius 3 is 2.64 bits per heavy atom. The zero-order chi connectivity index (χ0) is 8.27. The van der Waals surface area contributed by atoms with E-state index in [9.17, 15) is 4.79 Å². The van der Waals surface area contributed by atoms with Crippen LogP contribution in [0.4, 0.5) is 0 Å². The molecule has 0 fully saturated rings. The predicted molar refractivity (Wildman–Crippen MR) is 41.2 cm³/mol. The summed E-state index contributed by atoms with van der Waals surface area (Å²) >= 11 is 0. The number of carbonyl (C=O) groups excluding carboxylic acids is 1. The average molecular weight is 149 g/mol. The first-order valence-electron chi connectivity index (χ1n) is 3.08. The Morgan fingerprint density at radius 2 is 2.09 bits per heavy atom. The molecule has 0 saturated heterocycles. The molecule has 0 saturated carbocycles. The number of carbonyl (C=O) groups is 1. The first-order chi connectivity index (χ1) is 5.25. The first kappa shape index (κ1) is 7.47. The number of hydrogen-bond donors (Lipinski definition) is 2. The summed E-state index contributed by atoms with van der Waals surface area (Å²) in [6.07, 6.45) is 0.676. The molecule has 0 aromatic heterocycles. The molecule has 0 aliphatic carbocycles. The van der Waals surface area contributed by atoms with Gasteiger partial charge in [0.1, 0.15) is 5.75 Å². The SMILES string of the molecule is N=CC(=O)c1ccccc1O. The third-order valence-electron chi connectivity index (χ3n) is 1.30. The van der Waals surface area contributed by atoms with E-state index in [1.807, 2.05) is 0 Å². The largest absolute Gasteiger partial charge is 0.507 e. The van der Waals surface area contributed by atoms with Crippen LogP contribution in [0.5, 0.6) is 5.75 Å². The molecule has 0 amide bonds. The predicted octanol–water partition coefficient (Wildman–Crippen LogP) is 1.22. The van der Waals surface area contributed by atoms with Gasteiger partial charge in [0.15, 0.2) is 0 Å². The fraction of sp³-hybridized carbons (Fsp3) is 0. The van der Waals surface area contributed by atoms with Crippen molar-refractivity contribution in [3.8, 4) is 5.75 Å². The molecule has 11 heavy (non-hydrogen) atoms. The molecule has 0 radical (unpaired) electrons. The van der Waals surface area contributed by atoms with Gasteiger partial charge in [-0.2, -0.15) is 0 Å². The summed E-state index contributed by atoms with van der Waals surface area (Å²) < 4.78 is 0. The Hall–Kier alpha value is -1.64. The minimum atomic E-state index is -0.483. The van der Waals surface area contributed by atoms with Gasteiger partial charge in [-0.15, -0.1) is 0 Å². The molecule has 0 unspecified atom stereocenters. The van der Waals surface area contributed by atoms with E-state index in [2.05, 4.69) is 0 Å². The number of aromatic hydroxyl groups is 1. The number of para-hydroxylation sites is 1. The zero-order valence-corrected chi connectivity index (χ0v) is 5.74. The first-order valence-corrected chi connectivity index (χ1v) is 3.08. The molecule has 2 N–H and O–H groups in total. The smallest absolute Gasteiger partial charge is 0.206 e. The lowest BCUT2D eigenvalue weighted by molar-refractivity contribution is 0.106. The highest BCUT2D eigenvalue weighted by Crippen LogP contribution is 2.14. The van der Waals surface area contributed by atoms with E-state index < -0.39 is 5.78 Å². The normalized spacial score (nSPS) is 9.09. The van der Waals surface area contributed by atoms with Crippen LogP contribution in [0.1, 0.15) is 10.4 Å². The molecule has 56 valence electrons. The van der Waals surface area contributed by atoms with Crippen LogP contribution in [0.3, 0.4) is 0 Å². The van der Waals surface area contributed by atoms with Crippen LogP contribution in [-0.4, -0.2) is 17.1 Å². The Kier molecular flexibility index (Phi) is 2.01. The van der Waals surface area contributed by atoms with Gasteiger partial charge < -0.3 is 10.5 Å². The van der Waals surface area contributed by atoms with Crippen LogP contribution in [0, 0.1) is 5.41 Å². The van der Waals surface area contributed by atoms with Crippen molar-refractivity contribution in [3.05, 3.63) is 29.8 Å². The van der Waals surface area contributed by atoms with E-state index in [1.165, 1.54) is 12.1 Å². The van der Waals surface area contributed by atoms with Gasteiger partial charge >= 0.3 is 0 Å². The number of phenols is 1. The van der Waals surface area contributed by atoms with Gasteiger partial charge in [-0.05, 0) is 12.1 Å². The van der Waals surface area contributed by atoms with Crippen LogP contribution in [0.25, 0.3) is 0 Å². The van der Waals surface area contributed by atoms with Gasteiger partial charge in [0.05, 0.1) is 11.8 Å². The van der Waals surface area contributed by atoms with Crippen LogP contribution in [0.2, 0.25) is 0 Å². The summed E-state index contributed by atoms with van der Waals surface area (Å²) in [5.41, 5.74) is 0.169. The molecule has 0 heterocycles. The fourth-order valence-electron chi connectivity index (χ4n) is 0.760. The maximum atomic E-state index is 10.8. The lowest BCUT2D eigenvalue weighted by atomic mass is 10.1. The second kappa shape index (κ2) is 2.96. The Labute approximate surface area is 63.8 Å². The summed E-state index contributed by atoms with van der Waals surface area (Å²) in [6.45, 7) is 0. The second-order valence-corrected chi connectivity index (χ2v) is 2.03. The molecule has 0 atom stereocenters. The lowest BCUT2D eigenvalue weighted by Gasteiger charge is -1.96. The zero-order valence-electron chi connectivity index (χ0n) is 5.74. The minimum Gasteiger partial charge on any atom is -0.507 e. The third-order valence-corrected chi connectivity index (χ3v) is 1.30. The maximum absolute atomic E-state index is 10.8. The molecule has 0 bridgehead atoms. The van der Waals surface area contributed by atoms with Crippen LogP contribution in [-0.2, 0) is 0 Å². The van der Waals surface area contributed by atoms with E-state index in [0.717, 1.165) is 0 Å². The molecular weight excluding hydrogens is 142 g/mol. The van der Waals surface area contributed by atoms with E-state index in [0.29, 0.717) is 6.21 Å². The molecule has 1 aromatic rings. The number of benzene rings is 1. The van der Waals surface area contributed by atoms with Crippen molar-refractivity contribution >= 4 is 12.0 Å². The molecule has 0 aliphatic heterocycles. The van der Waals surface area contributed by atoms with Gasteiger partial charge in [0, 0.05) is 0 Å². The van der Waals surface area contributed by atoms with Gasteiger partial charge in [-0.25, -0.2) is 0 Å². The Morgan fingerprint density at radius 1 is 1.45 bits per heavy atom. The van der Waals surface area contributed by atoms with Crippen molar-refractivity contribution in [1.82, 2.24) is 0 Å². The molecule has 0 aliphatic rings. The summed E-state index contributed by atoms with van der Waals surface area (Å²) in [7, 11) is 0. The molecule has 1 aromatic carbocycles. The molecule has 3 nitrogen and oxygen atoms in total. The van der Waals surface area contributed by atoms with Crippen molar-refractivity contribution in [2.75, 3.05) is 0 Å². The summed E-state index contributed by atoms with van der Waals surface area (Å²) in [4.78, 5) is 10.8. The summed E-state index contributed by atoms with van der Waals surface area (Å²) in [5.74, 6) is -0.566. The number of hydrogen-bond acceptors (Lipinski definition) is 3. The van der Waals surface area contributed by atoms with E-state index in [4.69, 9.17) is 10.5 Å². The van der Waals surface area contributed by atoms with Crippen LogP contribution >= 0.6 is 0 Å². The highest BCUT2D eigenvalue weighted by Gasteiger charge is 2.05. The summed E-state index contributed by atoms with van der Waals surface area (Å²) in [5, 5.41) is 15.7. The maximum Gasteiger partial charge on any atom is 0.206 e. The average Bonchev–Trinajstić information content (AvgIpc) is 2.04. The molecule has 1 rings (SSSR count). The molecular formula is C8H7NO2. The quantitative estimate of drug-likeness (QED) is 0.490. The third kappa shape index (κ3) is 1.43. The van der Waals surface area contributed by atoms with Crippen molar-refractivity contribution < 1.29 is 9.90 Å². The highest BCUT2D eigenvalue weighted by molar-refractivity contribution is 6.35. The van der Waals surface area contributed by atoms with Crippen molar-refractivity contribution in [2.24, 2.45) is 0 Å². The minimum absolute atomic E-state index is 0.0824. The highest BCUT2D eigenvalue weighted by atomic mass is 16.3. The lowest BCUT2D eigenvalue weighted by Crippen LogP contribution is -1.98. The van der Waals surface area contributed by atoms with Crippen molar-refractivity contribution in [3.63, 3.8) is 0 Å². The van der Waals surface area contributed by atoms with E-state index >= 15 is 0 Å².